The number of aliphatic hydroxyl groups is 2. The summed E-state index contributed by atoms with van der Waals surface area (Å²) in [6.45, 7) is 6.09. The Kier molecular flexibility index (Phi) is 10.6. The van der Waals surface area contributed by atoms with E-state index in [0.717, 1.165) is 16.5 Å². The molecule has 0 bridgehead atoms. The maximum Gasteiger partial charge on any atom is 0.328 e. The highest BCUT2D eigenvalue weighted by Crippen LogP contribution is 2.19. The van der Waals surface area contributed by atoms with Crippen molar-refractivity contribution in [1.82, 2.24) is 20.9 Å². The van der Waals surface area contributed by atoms with Crippen LogP contribution < -0.4 is 21.7 Å². The Bertz CT molecular complexity index is 1100. The first-order valence-electron chi connectivity index (χ1n) is 12.2. The predicted octanol–water partition coefficient (Wildman–Crippen LogP) is -0.616. The van der Waals surface area contributed by atoms with Crippen molar-refractivity contribution >= 4 is 34.6 Å². The SMILES string of the molecule is CCC(C)C(NC(=O)C(Cc1c[nH]c2ccccc12)NC(=O)C(N)C(C)O)C(=O)NC(C(=O)O)C(C)O. The number of fused-ring (bicyclic) bond motifs is 1. The number of carboxylic acids is 1. The van der Waals surface area contributed by atoms with Crippen molar-refractivity contribution in [3.63, 3.8) is 0 Å². The molecule has 0 radical (unpaired) electrons. The number of nitrogens with one attached hydrogen (secondary N) is 4. The normalized spacial score (nSPS) is 17.1. The van der Waals surface area contributed by atoms with Gasteiger partial charge in [0.2, 0.25) is 17.7 Å². The van der Waals surface area contributed by atoms with Crippen LogP contribution in [-0.2, 0) is 25.6 Å². The maximum absolute atomic E-state index is 13.4. The van der Waals surface area contributed by atoms with Gasteiger partial charge in [0.1, 0.15) is 18.1 Å². The maximum atomic E-state index is 13.4. The zero-order chi connectivity index (χ0) is 27.9. The summed E-state index contributed by atoms with van der Waals surface area (Å²) in [6.07, 6.45) is -0.301. The molecule has 0 saturated carbocycles. The lowest BCUT2D eigenvalue weighted by molar-refractivity contribution is -0.145. The van der Waals surface area contributed by atoms with E-state index < -0.39 is 66.0 Å². The Morgan fingerprint density at radius 3 is 2.11 bits per heavy atom. The van der Waals surface area contributed by atoms with Crippen LogP contribution in [0.1, 0.15) is 39.7 Å². The third kappa shape index (κ3) is 7.75. The van der Waals surface area contributed by atoms with Gasteiger partial charge >= 0.3 is 5.97 Å². The van der Waals surface area contributed by atoms with E-state index >= 15 is 0 Å². The molecule has 7 atom stereocenters. The summed E-state index contributed by atoms with van der Waals surface area (Å²) in [4.78, 5) is 53.6. The molecule has 7 unspecified atom stereocenters. The Labute approximate surface area is 215 Å². The van der Waals surface area contributed by atoms with Gasteiger partial charge in [0.05, 0.1) is 12.2 Å². The number of nitrogens with two attached hydrogens (primary N) is 1. The first-order valence-corrected chi connectivity index (χ1v) is 12.2. The first kappa shape index (κ1) is 29.7. The van der Waals surface area contributed by atoms with Crippen LogP contribution in [0.25, 0.3) is 10.9 Å². The third-order valence-electron chi connectivity index (χ3n) is 6.39. The minimum absolute atomic E-state index is 0.0500. The quantitative estimate of drug-likeness (QED) is 0.171. The summed E-state index contributed by atoms with van der Waals surface area (Å²) in [6, 6.07) is 2.24. The van der Waals surface area contributed by atoms with E-state index in [1.807, 2.05) is 24.3 Å². The molecule has 1 aromatic carbocycles. The van der Waals surface area contributed by atoms with Gasteiger partial charge in [-0.25, -0.2) is 4.79 Å². The second-order valence-corrected chi connectivity index (χ2v) is 9.33. The molecule has 204 valence electrons. The van der Waals surface area contributed by atoms with Gasteiger partial charge in [-0.15, -0.1) is 0 Å². The number of H-pyrrole nitrogens is 1. The highest BCUT2D eigenvalue weighted by Gasteiger charge is 2.34. The second kappa shape index (κ2) is 13.2. The second-order valence-electron chi connectivity index (χ2n) is 9.33. The number of carbonyl (C=O) groups is 4. The molecule has 1 heterocycles. The minimum Gasteiger partial charge on any atom is -0.480 e. The highest BCUT2D eigenvalue weighted by atomic mass is 16.4. The number of aliphatic hydroxyl groups excluding tert-OH is 2. The smallest absolute Gasteiger partial charge is 0.328 e. The number of rotatable bonds is 13. The Morgan fingerprint density at radius 2 is 1.54 bits per heavy atom. The molecule has 0 fully saturated rings. The number of hydrogen-bond donors (Lipinski definition) is 8. The van der Waals surface area contributed by atoms with Gasteiger partial charge in [-0.05, 0) is 31.4 Å². The molecule has 0 spiro atoms. The molecule has 12 nitrogen and oxygen atoms in total. The average Bonchev–Trinajstić information content (AvgIpc) is 3.26. The van der Waals surface area contributed by atoms with Crippen molar-refractivity contribution in [2.45, 2.75) is 76.9 Å². The van der Waals surface area contributed by atoms with Crippen molar-refractivity contribution < 1.29 is 34.5 Å². The zero-order valence-electron chi connectivity index (χ0n) is 21.4. The Hall–Kier alpha value is -3.48. The number of aromatic amines is 1. The van der Waals surface area contributed by atoms with Gasteiger partial charge in [0, 0.05) is 23.5 Å². The van der Waals surface area contributed by atoms with Crippen molar-refractivity contribution in [1.29, 1.82) is 0 Å². The summed E-state index contributed by atoms with van der Waals surface area (Å²) < 4.78 is 0. The number of carbonyl (C=O) groups excluding carboxylic acids is 3. The molecule has 0 aliphatic rings. The Morgan fingerprint density at radius 1 is 0.919 bits per heavy atom. The fourth-order valence-electron chi connectivity index (χ4n) is 3.80. The van der Waals surface area contributed by atoms with Crippen molar-refractivity contribution in [2.75, 3.05) is 0 Å². The molecule has 0 aliphatic heterocycles. The van der Waals surface area contributed by atoms with Crippen molar-refractivity contribution in [3.8, 4) is 0 Å². The lowest BCUT2D eigenvalue weighted by atomic mass is 9.96. The Balaban J connectivity index is 2.33. The van der Waals surface area contributed by atoms with E-state index in [1.54, 1.807) is 20.0 Å². The van der Waals surface area contributed by atoms with E-state index in [-0.39, 0.29) is 6.42 Å². The number of aromatic nitrogens is 1. The third-order valence-corrected chi connectivity index (χ3v) is 6.39. The number of benzene rings is 1. The van der Waals surface area contributed by atoms with Crippen LogP contribution in [0.5, 0.6) is 0 Å². The minimum atomic E-state index is -1.57. The van der Waals surface area contributed by atoms with Crippen LogP contribution in [0.2, 0.25) is 0 Å². The zero-order valence-corrected chi connectivity index (χ0v) is 21.4. The van der Waals surface area contributed by atoms with Gasteiger partial charge in [0.15, 0.2) is 6.04 Å². The van der Waals surface area contributed by atoms with E-state index in [4.69, 9.17) is 5.73 Å². The summed E-state index contributed by atoms with van der Waals surface area (Å²) in [5.41, 5.74) is 7.32. The molecule has 2 rings (SSSR count). The van der Waals surface area contributed by atoms with Crippen molar-refractivity contribution in [2.24, 2.45) is 11.7 Å². The fraction of sp³-hybridized carbons (Fsp3) is 0.520. The topological polar surface area (TPSA) is 207 Å². The molecule has 0 saturated heterocycles. The predicted molar refractivity (Wildman–Crippen MR) is 136 cm³/mol. The van der Waals surface area contributed by atoms with Crippen LogP contribution in [0.4, 0.5) is 0 Å². The van der Waals surface area contributed by atoms with Gasteiger partial charge in [-0.3, -0.25) is 14.4 Å². The lowest BCUT2D eigenvalue weighted by Crippen LogP contribution is -2.60. The van der Waals surface area contributed by atoms with Gasteiger partial charge < -0.3 is 42.0 Å². The van der Waals surface area contributed by atoms with Crippen LogP contribution in [0.3, 0.4) is 0 Å². The highest BCUT2D eigenvalue weighted by molar-refractivity contribution is 5.95. The van der Waals surface area contributed by atoms with E-state index in [0.29, 0.717) is 6.42 Å². The summed E-state index contributed by atoms with van der Waals surface area (Å²) >= 11 is 0. The first-order chi connectivity index (χ1) is 17.4. The number of aliphatic carboxylic acids is 1. The number of hydrogen-bond acceptors (Lipinski definition) is 7. The van der Waals surface area contributed by atoms with E-state index in [9.17, 15) is 34.5 Å². The molecule has 37 heavy (non-hydrogen) atoms. The molecule has 12 heteroatoms. The molecular weight excluding hydrogens is 482 g/mol. The molecule has 3 amide bonds. The summed E-state index contributed by atoms with van der Waals surface area (Å²) in [5, 5.41) is 37.1. The van der Waals surface area contributed by atoms with Crippen LogP contribution >= 0.6 is 0 Å². The number of para-hydroxylation sites is 1. The van der Waals surface area contributed by atoms with Gasteiger partial charge in [-0.1, -0.05) is 38.5 Å². The van der Waals surface area contributed by atoms with Crippen molar-refractivity contribution in [3.05, 3.63) is 36.0 Å². The lowest BCUT2D eigenvalue weighted by Gasteiger charge is -2.28. The number of carboxylic acid groups (broad SMARTS) is 1. The van der Waals surface area contributed by atoms with Gasteiger partial charge in [-0.2, -0.15) is 0 Å². The molecule has 2 aromatic rings. The fourth-order valence-corrected chi connectivity index (χ4v) is 3.80. The van der Waals surface area contributed by atoms with Crippen LogP contribution in [-0.4, -0.2) is 80.4 Å². The van der Waals surface area contributed by atoms with Crippen LogP contribution in [0, 0.1) is 5.92 Å². The molecular formula is C25H37N5O7. The molecule has 0 aliphatic carbocycles. The standard InChI is InChI=1S/C25H37N5O7/c1-5-12(2)20(24(35)30-21(14(4)32)25(36)37)29-22(33)18(28-23(34)19(26)13(3)31)10-15-11-27-17-9-7-6-8-16(15)17/h6-9,11-14,18-21,27,31-32H,5,10,26H2,1-4H3,(H,28,34)(H,29,33)(H,30,35)(H,36,37). The van der Waals surface area contributed by atoms with E-state index in [2.05, 4.69) is 20.9 Å². The number of amides is 3. The average molecular weight is 520 g/mol. The van der Waals surface area contributed by atoms with E-state index in [1.165, 1.54) is 13.8 Å². The monoisotopic (exact) mass is 519 g/mol. The molecule has 9 N–H and O–H groups in total. The van der Waals surface area contributed by atoms with Gasteiger partial charge in [0.25, 0.3) is 0 Å². The molecule has 1 aromatic heterocycles. The van der Waals surface area contributed by atoms with Crippen LogP contribution in [0.15, 0.2) is 30.5 Å². The largest absolute Gasteiger partial charge is 0.480 e. The summed E-state index contributed by atoms with van der Waals surface area (Å²) in [7, 11) is 0. The summed E-state index contributed by atoms with van der Waals surface area (Å²) in [5.74, 6) is -4.06.